The first-order valence-electron chi connectivity index (χ1n) is 12.0. The summed E-state index contributed by atoms with van der Waals surface area (Å²) in [5.74, 6) is 0. The lowest BCUT2D eigenvalue weighted by atomic mass is 9.96. The first kappa shape index (κ1) is 26.1. The van der Waals surface area contributed by atoms with Crippen molar-refractivity contribution in [2.24, 2.45) is 0 Å². The zero-order chi connectivity index (χ0) is 22.2. The molecule has 1 aliphatic carbocycles. The number of carbonyl (C=O) groups excluding carboxylic acids is 2. The second-order valence-corrected chi connectivity index (χ2v) is 7.67. The van der Waals surface area contributed by atoms with Crippen molar-refractivity contribution >= 4 is 12.1 Å². The van der Waals surface area contributed by atoms with Gasteiger partial charge in [-0.15, -0.1) is 0 Å². The number of amides is 3. The maximum atomic E-state index is 12.7. The Hall–Kier alpha value is -1.98. The number of nitrogens with zero attached hydrogens (tertiary/aromatic N) is 2. The normalized spacial score (nSPS) is 18.1. The maximum Gasteiger partial charge on any atom is 0.428 e. The number of rotatable bonds is 7. The molecule has 172 valence electrons. The van der Waals surface area contributed by atoms with Gasteiger partial charge in [0.1, 0.15) is 0 Å². The maximum absolute atomic E-state index is 12.7. The van der Waals surface area contributed by atoms with E-state index in [0.29, 0.717) is 19.7 Å². The number of hydrogen-bond donors (Lipinski definition) is 1. The van der Waals surface area contributed by atoms with Gasteiger partial charge in [0.2, 0.25) is 0 Å². The minimum atomic E-state index is -0.404. The van der Waals surface area contributed by atoms with Crippen molar-refractivity contribution in [3.8, 4) is 0 Å². The van der Waals surface area contributed by atoms with Crippen molar-refractivity contribution < 1.29 is 14.3 Å². The lowest BCUT2D eigenvalue weighted by Gasteiger charge is -2.38. The summed E-state index contributed by atoms with van der Waals surface area (Å²) in [6.45, 7) is 9.56. The molecule has 0 bridgehead atoms. The van der Waals surface area contributed by atoms with E-state index in [0.717, 1.165) is 44.9 Å². The van der Waals surface area contributed by atoms with Crippen LogP contribution in [0.1, 0.15) is 91.9 Å². The zero-order valence-electron chi connectivity index (χ0n) is 19.6. The molecule has 30 heavy (non-hydrogen) atoms. The fraction of sp³-hybridized carbons (Fsp3) is 0.750. The molecule has 0 aromatic heterocycles. The van der Waals surface area contributed by atoms with Crippen molar-refractivity contribution in [3.63, 3.8) is 0 Å². The molecular formula is C24H43N3O3. The third kappa shape index (κ3) is 9.23. The molecule has 3 amide bonds. The highest BCUT2D eigenvalue weighted by Crippen LogP contribution is 2.19. The molecule has 0 radical (unpaired) electrons. The van der Waals surface area contributed by atoms with Gasteiger partial charge in [-0.25, -0.2) is 19.6 Å². The van der Waals surface area contributed by atoms with Crippen molar-refractivity contribution in [1.82, 2.24) is 15.3 Å². The number of carbonyl (C=O) groups is 2. The van der Waals surface area contributed by atoms with Gasteiger partial charge in [-0.2, -0.15) is 0 Å². The average Bonchev–Trinajstić information content (AvgIpc) is 2.80. The topological polar surface area (TPSA) is 61.9 Å². The van der Waals surface area contributed by atoms with E-state index in [-0.39, 0.29) is 12.1 Å². The fourth-order valence-corrected chi connectivity index (χ4v) is 3.86. The van der Waals surface area contributed by atoms with E-state index in [1.54, 1.807) is 5.01 Å². The van der Waals surface area contributed by atoms with Gasteiger partial charge in [0.25, 0.3) is 0 Å². The smallest absolute Gasteiger partial charge is 0.428 e. The quantitative estimate of drug-likeness (QED) is 0.393. The highest BCUT2D eigenvalue weighted by Gasteiger charge is 2.31. The molecule has 0 aromatic carbocycles. The fourth-order valence-electron chi connectivity index (χ4n) is 3.86. The minimum absolute atomic E-state index is 0.160. The molecule has 0 aromatic rings. The second-order valence-electron chi connectivity index (χ2n) is 7.67. The summed E-state index contributed by atoms with van der Waals surface area (Å²) in [4.78, 5) is 25.2. The summed E-state index contributed by atoms with van der Waals surface area (Å²) in [6, 6.07) is 0.0756. The molecular weight excluding hydrogens is 378 g/mol. The van der Waals surface area contributed by atoms with Crippen LogP contribution in [0.25, 0.3) is 0 Å². The predicted octanol–water partition coefficient (Wildman–Crippen LogP) is 6.20. The van der Waals surface area contributed by atoms with Crippen LogP contribution in [-0.2, 0) is 4.74 Å². The molecule has 1 N–H and O–H groups in total. The highest BCUT2D eigenvalue weighted by molar-refractivity contribution is 5.78. The van der Waals surface area contributed by atoms with Gasteiger partial charge >= 0.3 is 12.1 Å². The van der Waals surface area contributed by atoms with E-state index in [2.05, 4.69) is 17.5 Å². The number of ether oxygens (including phenoxy) is 1. The molecule has 2 fully saturated rings. The molecule has 2 rings (SSSR count). The average molecular weight is 422 g/mol. The van der Waals surface area contributed by atoms with Crippen LogP contribution in [0.2, 0.25) is 0 Å². The summed E-state index contributed by atoms with van der Waals surface area (Å²) in [7, 11) is 0. The van der Waals surface area contributed by atoms with Gasteiger partial charge in [0.05, 0.1) is 6.61 Å². The number of allylic oxidation sites excluding steroid dienone is 4. The summed E-state index contributed by atoms with van der Waals surface area (Å²) < 4.78 is 5.46. The Labute approximate surface area is 183 Å². The Kier molecular flexibility index (Phi) is 13.7. The lowest BCUT2D eigenvalue weighted by molar-refractivity contribution is -0.0142. The van der Waals surface area contributed by atoms with Gasteiger partial charge < -0.3 is 10.1 Å². The monoisotopic (exact) mass is 421 g/mol. The molecule has 2 aliphatic rings. The summed E-state index contributed by atoms with van der Waals surface area (Å²) in [5.41, 5.74) is 1.30. The van der Waals surface area contributed by atoms with E-state index < -0.39 is 6.09 Å². The predicted molar refractivity (Wildman–Crippen MR) is 123 cm³/mol. The van der Waals surface area contributed by atoms with E-state index in [1.165, 1.54) is 29.8 Å². The molecule has 1 saturated heterocycles. The molecule has 0 unspecified atom stereocenters. The summed E-state index contributed by atoms with van der Waals surface area (Å²) in [5, 5.41) is 6.14. The van der Waals surface area contributed by atoms with Crippen LogP contribution >= 0.6 is 0 Å². The first-order chi connectivity index (χ1) is 14.7. The molecule has 6 heteroatoms. The SMILES string of the molecule is C/C=C\C(=C/C)CCCCOC(=O)N1CCCCN1C(=O)NC1CCCCC1.CC. The number of hydrogen-bond acceptors (Lipinski definition) is 3. The van der Waals surface area contributed by atoms with E-state index >= 15 is 0 Å². The Morgan fingerprint density at radius 3 is 2.27 bits per heavy atom. The second kappa shape index (κ2) is 15.8. The standard InChI is InChI=1S/C22H37N3O3.C2H6/c1-3-12-19(4-2)13-8-11-18-28-22(27)25-17-10-9-16-24(25)21(26)23-20-14-6-5-7-15-20;1-2/h3-4,12,20H,5-11,13-18H2,1-2H3,(H,23,26);1-2H3/b12-3-,19-4+;. The molecule has 1 saturated carbocycles. The zero-order valence-corrected chi connectivity index (χ0v) is 19.6. The van der Waals surface area contributed by atoms with Crippen LogP contribution in [0, 0.1) is 0 Å². The summed E-state index contributed by atoms with van der Waals surface area (Å²) >= 11 is 0. The van der Waals surface area contributed by atoms with Crippen LogP contribution in [-0.4, -0.2) is 47.9 Å². The van der Waals surface area contributed by atoms with Crippen LogP contribution in [0.4, 0.5) is 9.59 Å². The van der Waals surface area contributed by atoms with E-state index in [1.807, 2.05) is 33.8 Å². The van der Waals surface area contributed by atoms with Crippen molar-refractivity contribution in [2.75, 3.05) is 19.7 Å². The van der Waals surface area contributed by atoms with Crippen LogP contribution in [0.5, 0.6) is 0 Å². The van der Waals surface area contributed by atoms with E-state index in [9.17, 15) is 9.59 Å². The minimum Gasteiger partial charge on any atom is -0.448 e. The van der Waals surface area contributed by atoms with Gasteiger partial charge in [-0.3, -0.25) is 0 Å². The third-order valence-corrected chi connectivity index (χ3v) is 5.50. The van der Waals surface area contributed by atoms with Crippen molar-refractivity contribution in [3.05, 3.63) is 23.8 Å². The number of nitrogens with one attached hydrogen (secondary N) is 1. The van der Waals surface area contributed by atoms with Crippen LogP contribution in [0.3, 0.4) is 0 Å². The molecule has 1 aliphatic heterocycles. The Bertz CT molecular complexity index is 554. The molecule has 1 heterocycles. The third-order valence-electron chi connectivity index (χ3n) is 5.50. The molecule has 0 atom stereocenters. The molecule has 6 nitrogen and oxygen atoms in total. The van der Waals surface area contributed by atoms with Gasteiger partial charge in [-0.1, -0.05) is 56.9 Å². The van der Waals surface area contributed by atoms with Crippen molar-refractivity contribution in [1.29, 1.82) is 0 Å². The number of unbranched alkanes of at least 4 members (excludes halogenated alkanes) is 1. The van der Waals surface area contributed by atoms with Crippen molar-refractivity contribution in [2.45, 2.75) is 97.9 Å². The largest absolute Gasteiger partial charge is 0.448 e. The Morgan fingerprint density at radius 1 is 0.967 bits per heavy atom. The number of hydrazine groups is 1. The molecule has 0 spiro atoms. The van der Waals surface area contributed by atoms with Crippen LogP contribution in [0.15, 0.2) is 23.8 Å². The summed E-state index contributed by atoms with van der Waals surface area (Å²) in [6.07, 6.45) is 16.1. The first-order valence-corrected chi connectivity index (χ1v) is 12.0. The van der Waals surface area contributed by atoms with E-state index in [4.69, 9.17) is 4.74 Å². The highest BCUT2D eigenvalue weighted by atomic mass is 16.6. The van der Waals surface area contributed by atoms with Gasteiger partial charge in [0, 0.05) is 19.1 Å². The Morgan fingerprint density at radius 2 is 1.63 bits per heavy atom. The van der Waals surface area contributed by atoms with Gasteiger partial charge in [-0.05, 0) is 58.8 Å². The lowest BCUT2D eigenvalue weighted by Crippen LogP contribution is -2.57. The van der Waals surface area contributed by atoms with Gasteiger partial charge in [0.15, 0.2) is 0 Å². The van der Waals surface area contributed by atoms with Crippen LogP contribution < -0.4 is 5.32 Å². The number of urea groups is 1. The Balaban J connectivity index is 0.00000218.